The van der Waals surface area contributed by atoms with Gasteiger partial charge in [-0.25, -0.2) is 5.43 Å². The van der Waals surface area contributed by atoms with Crippen molar-refractivity contribution in [2.24, 2.45) is 5.10 Å². The zero-order chi connectivity index (χ0) is 23.8. The molecule has 3 aromatic rings. The van der Waals surface area contributed by atoms with E-state index in [1.54, 1.807) is 62.6 Å². The number of amides is 2. The van der Waals surface area contributed by atoms with Crippen LogP contribution in [0.5, 0.6) is 5.75 Å². The Morgan fingerprint density at radius 2 is 1.88 bits per heavy atom. The Kier molecular flexibility index (Phi) is 7.53. The molecule has 0 spiro atoms. The van der Waals surface area contributed by atoms with E-state index < -0.39 is 10.8 Å². The predicted molar refractivity (Wildman–Crippen MR) is 121 cm³/mol. The zero-order valence-corrected chi connectivity index (χ0v) is 18.0. The molecule has 1 aromatic heterocycles. The number of nitrogens with zero attached hydrogens (tertiary/aromatic N) is 2. The molecule has 0 saturated heterocycles. The molecule has 10 heteroatoms. The van der Waals surface area contributed by atoms with E-state index in [9.17, 15) is 19.7 Å². The second kappa shape index (κ2) is 10.7. The third kappa shape index (κ3) is 6.26. The van der Waals surface area contributed by atoms with Gasteiger partial charge in [0, 0.05) is 17.2 Å². The van der Waals surface area contributed by atoms with Crippen molar-refractivity contribution >= 4 is 23.7 Å². The molecule has 170 valence electrons. The molecule has 2 amide bonds. The van der Waals surface area contributed by atoms with Gasteiger partial charge >= 0.3 is 0 Å². The maximum absolute atomic E-state index is 12.0. The largest absolute Gasteiger partial charge is 0.497 e. The van der Waals surface area contributed by atoms with Crippen molar-refractivity contribution in [3.63, 3.8) is 0 Å². The third-order valence-corrected chi connectivity index (χ3v) is 4.75. The molecule has 3 rings (SSSR count). The summed E-state index contributed by atoms with van der Waals surface area (Å²) in [5.74, 6) is 0.674. The van der Waals surface area contributed by atoms with Crippen molar-refractivity contribution in [1.29, 1.82) is 0 Å². The van der Waals surface area contributed by atoms with Crippen LogP contribution in [0.4, 0.5) is 5.69 Å². The van der Waals surface area contributed by atoms with Crippen LogP contribution in [0.15, 0.2) is 64.1 Å². The number of nitro groups is 1. The van der Waals surface area contributed by atoms with E-state index in [0.29, 0.717) is 28.4 Å². The van der Waals surface area contributed by atoms with Crippen LogP contribution in [0.3, 0.4) is 0 Å². The van der Waals surface area contributed by atoms with Gasteiger partial charge in [0.05, 0.1) is 31.2 Å². The minimum atomic E-state index is -0.504. The minimum absolute atomic E-state index is 0.000387. The number of nitrogens with one attached hydrogen (secondary N) is 2. The number of hydrogen-bond donors (Lipinski definition) is 2. The Hall–Kier alpha value is -4.47. The number of nitro benzene ring substituents is 1. The second-order valence-corrected chi connectivity index (χ2v) is 7.00. The van der Waals surface area contributed by atoms with Crippen LogP contribution in [0.25, 0.3) is 11.3 Å². The van der Waals surface area contributed by atoms with E-state index in [1.807, 2.05) is 0 Å². The summed E-state index contributed by atoms with van der Waals surface area (Å²) in [6.07, 6.45) is 1.43. The molecule has 2 N–H and O–H groups in total. The third-order valence-electron chi connectivity index (χ3n) is 4.75. The summed E-state index contributed by atoms with van der Waals surface area (Å²) in [5.41, 5.74) is 4.17. The molecule has 0 aliphatic rings. The number of carbonyl (C=O) groups is 2. The van der Waals surface area contributed by atoms with Crippen LogP contribution < -0.4 is 15.5 Å². The highest BCUT2D eigenvalue weighted by Crippen LogP contribution is 2.30. The Bertz CT molecular complexity index is 1180. The van der Waals surface area contributed by atoms with Gasteiger partial charge in [-0.15, -0.1) is 0 Å². The highest BCUT2D eigenvalue weighted by atomic mass is 16.6. The summed E-state index contributed by atoms with van der Waals surface area (Å²) in [6.45, 7) is 1.41. The summed E-state index contributed by atoms with van der Waals surface area (Å²) >= 11 is 0. The van der Waals surface area contributed by atoms with Crippen molar-refractivity contribution in [3.8, 4) is 17.1 Å². The van der Waals surface area contributed by atoms with Gasteiger partial charge in [-0.3, -0.25) is 19.7 Å². The molecule has 0 bridgehead atoms. The predicted octanol–water partition coefficient (Wildman–Crippen LogP) is 2.98. The summed E-state index contributed by atoms with van der Waals surface area (Å²) < 4.78 is 10.7. The molecular formula is C23H22N4O6. The number of furan rings is 1. The quantitative estimate of drug-likeness (QED) is 0.292. The Morgan fingerprint density at radius 1 is 1.12 bits per heavy atom. The molecule has 0 atom stereocenters. The van der Waals surface area contributed by atoms with E-state index in [0.717, 1.165) is 5.56 Å². The number of carbonyl (C=O) groups excluding carboxylic acids is 2. The van der Waals surface area contributed by atoms with Crippen LogP contribution in [-0.2, 0) is 16.0 Å². The van der Waals surface area contributed by atoms with Gasteiger partial charge in [-0.1, -0.05) is 24.3 Å². The lowest BCUT2D eigenvalue weighted by Crippen LogP contribution is -2.35. The maximum Gasteiger partial charge on any atom is 0.273 e. The normalized spacial score (nSPS) is 10.7. The first-order chi connectivity index (χ1) is 15.9. The van der Waals surface area contributed by atoms with Gasteiger partial charge < -0.3 is 14.5 Å². The molecule has 1 heterocycles. The molecule has 0 unspecified atom stereocenters. The smallest absolute Gasteiger partial charge is 0.273 e. The van der Waals surface area contributed by atoms with Gasteiger partial charge in [0.1, 0.15) is 17.3 Å². The fourth-order valence-corrected chi connectivity index (χ4v) is 3.03. The zero-order valence-electron chi connectivity index (χ0n) is 18.0. The molecule has 33 heavy (non-hydrogen) atoms. The number of benzene rings is 2. The van der Waals surface area contributed by atoms with Gasteiger partial charge in [-0.05, 0) is 36.8 Å². The van der Waals surface area contributed by atoms with Crippen molar-refractivity contribution in [2.45, 2.75) is 13.3 Å². The fourth-order valence-electron chi connectivity index (χ4n) is 3.03. The number of hydrogen-bond acceptors (Lipinski definition) is 7. The van der Waals surface area contributed by atoms with Crippen LogP contribution in [0.2, 0.25) is 0 Å². The van der Waals surface area contributed by atoms with E-state index in [2.05, 4.69) is 15.8 Å². The van der Waals surface area contributed by atoms with Crippen molar-refractivity contribution in [3.05, 3.63) is 81.6 Å². The lowest BCUT2D eigenvalue weighted by atomic mass is 10.1. The summed E-state index contributed by atoms with van der Waals surface area (Å²) in [7, 11) is 1.56. The van der Waals surface area contributed by atoms with Crippen LogP contribution in [-0.4, -0.2) is 36.6 Å². The highest BCUT2D eigenvalue weighted by molar-refractivity contribution is 5.86. The first kappa shape index (κ1) is 23.2. The topological polar surface area (TPSA) is 136 Å². The van der Waals surface area contributed by atoms with Crippen molar-refractivity contribution in [2.75, 3.05) is 13.7 Å². The van der Waals surface area contributed by atoms with Gasteiger partial charge in [0.2, 0.25) is 5.91 Å². The van der Waals surface area contributed by atoms with Gasteiger partial charge in [0.15, 0.2) is 0 Å². The first-order valence-corrected chi connectivity index (χ1v) is 9.93. The lowest BCUT2D eigenvalue weighted by molar-refractivity contribution is -0.385. The number of ether oxygens (including phenoxy) is 1. The summed E-state index contributed by atoms with van der Waals surface area (Å²) in [6, 6.07) is 15.1. The fraction of sp³-hybridized carbons (Fsp3) is 0.174. The van der Waals surface area contributed by atoms with E-state index in [-0.39, 0.29) is 24.6 Å². The first-order valence-electron chi connectivity index (χ1n) is 9.93. The lowest BCUT2D eigenvalue weighted by Gasteiger charge is -2.05. The SMILES string of the molecule is COc1ccc(CC(=O)NCC(=O)N/N=C/c2ccc(-c3cccc([N+](=O)[O-])c3C)o2)cc1. The molecule has 0 aliphatic heterocycles. The molecule has 0 aliphatic carbocycles. The van der Waals surface area contributed by atoms with E-state index >= 15 is 0 Å². The second-order valence-electron chi connectivity index (χ2n) is 7.00. The summed E-state index contributed by atoms with van der Waals surface area (Å²) in [4.78, 5) is 34.5. The molecule has 0 saturated carbocycles. The number of hydrazone groups is 1. The van der Waals surface area contributed by atoms with Crippen LogP contribution >= 0.6 is 0 Å². The highest BCUT2D eigenvalue weighted by Gasteiger charge is 2.16. The molecule has 0 radical (unpaired) electrons. The van der Waals surface area contributed by atoms with Crippen molar-refractivity contribution in [1.82, 2.24) is 10.7 Å². The standard InChI is InChI=1S/C23H22N4O6/c1-15-19(4-3-5-20(15)27(30)31)21-11-10-18(33-21)13-25-26-23(29)14-24-22(28)12-16-6-8-17(32-2)9-7-16/h3-11,13H,12,14H2,1-2H3,(H,24,28)(H,26,29)/b25-13+. The monoisotopic (exact) mass is 450 g/mol. The summed E-state index contributed by atoms with van der Waals surface area (Å²) in [5, 5.41) is 17.4. The van der Waals surface area contributed by atoms with Gasteiger partial charge in [0.25, 0.3) is 11.6 Å². The number of methoxy groups -OCH3 is 1. The van der Waals surface area contributed by atoms with E-state index in [4.69, 9.17) is 9.15 Å². The van der Waals surface area contributed by atoms with Crippen molar-refractivity contribution < 1.29 is 23.7 Å². The maximum atomic E-state index is 12.0. The Balaban J connectivity index is 1.49. The molecule has 0 fully saturated rings. The number of rotatable bonds is 9. The molecular weight excluding hydrogens is 428 g/mol. The van der Waals surface area contributed by atoms with Gasteiger partial charge in [-0.2, -0.15) is 5.10 Å². The average molecular weight is 450 g/mol. The minimum Gasteiger partial charge on any atom is -0.497 e. The Labute approximate surface area is 189 Å². The van der Waals surface area contributed by atoms with Crippen LogP contribution in [0.1, 0.15) is 16.9 Å². The van der Waals surface area contributed by atoms with Crippen LogP contribution in [0, 0.1) is 17.0 Å². The molecule has 2 aromatic carbocycles. The Morgan fingerprint density at radius 3 is 2.58 bits per heavy atom. The average Bonchev–Trinajstić information content (AvgIpc) is 3.27. The molecule has 10 nitrogen and oxygen atoms in total. The van der Waals surface area contributed by atoms with E-state index in [1.165, 1.54) is 12.3 Å².